The van der Waals surface area contributed by atoms with E-state index in [2.05, 4.69) is 26.8 Å². The number of nitrogens with two attached hydrogens (primary N) is 1. The van der Waals surface area contributed by atoms with Gasteiger partial charge < -0.3 is 20.3 Å². The predicted molar refractivity (Wildman–Crippen MR) is 88.1 cm³/mol. The van der Waals surface area contributed by atoms with E-state index in [1.807, 2.05) is 24.3 Å². The first kappa shape index (κ1) is 14.6. The second-order valence-electron chi connectivity index (χ2n) is 5.48. The van der Waals surface area contributed by atoms with Crippen molar-refractivity contribution >= 4 is 11.5 Å². The van der Waals surface area contributed by atoms with Gasteiger partial charge in [-0.1, -0.05) is 0 Å². The molecule has 0 aliphatic carbocycles. The van der Waals surface area contributed by atoms with Crippen molar-refractivity contribution in [3.05, 3.63) is 30.6 Å². The molecule has 0 saturated carbocycles. The number of methoxy groups -OCH3 is 1. The van der Waals surface area contributed by atoms with Crippen molar-refractivity contribution in [3.8, 4) is 17.0 Å². The van der Waals surface area contributed by atoms with Crippen LogP contribution in [0, 0.1) is 0 Å². The van der Waals surface area contributed by atoms with Crippen molar-refractivity contribution in [3.63, 3.8) is 0 Å². The van der Waals surface area contributed by atoms with E-state index in [0.717, 1.165) is 49.0 Å². The van der Waals surface area contributed by atoms with Crippen LogP contribution in [-0.2, 0) is 0 Å². The minimum atomic E-state index is 0.636. The number of likely N-dealkylation sites (N-methyl/N-ethyl adjacent to an activating group) is 1. The zero-order chi connectivity index (χ0) is 15.5. The molecule has 1 saturated heterocycles. The van der Waals surface area contributed by atoms with E-state index >= 15 is 0 Å². The third-order valence-corrected chi connectivity index (χ3v) is 4.03. The van der Waals surface area contributed by atoms with Crippen molar-refractivity contribution in [2.75, 3.05) is 51.0 Å². The van der Waals surface area contributed by atoms with Gasteiger partial charge in [0.25, 0.3) is 0 Å². The van der Waals surface area contributed by atoms with Crippen molar-refractivity contribution in [2.24, 2.45) is 0 Å². The van der Waals surface area contributed by atoms with Crippen molar-refractivity contribution in [1.29, 1.82) is 0 Å². The molecule has 0 atom stereocenters. The summed E-state index contributed by atoms with van der Waals surface area (Å²) in [7, 11) is 3.78. The molecule has 3 rings (SSSR count). The molecule has 6 nitrogen and oxygen atoms in total. The Morgan fingerprint density at radius 3 is 2.36 bits per heavy atom. The van der Waals surface area contributed by atoms with E-state index in [1.165, 1.54) is 0 Å². The lowest BCUT2D eigenvalue weighted by Gasteiger charge is -2.33. The Bertz CT molecular complexity index is 635. The molecule has 1 aliphatic rings. The monoisotopic (exact) mass is 299 g/mol. The van der Waals surface area contributed by atoms with E-state index < -0.39 is 0 Å². The van der Waals surface area contributed by atoms with Crippen molar-refractivity contribution < 1.29 is 4.74 Å². The second kappa shape index (κ2) is 6.19. The van der Waals surface area contributed by atoms with Gasteiger partial charge in [-0.05, 0) is 31.3 Å². The Hall–Kier alpha value is -2.34. The van der Waals surface area contributed by atoms with Crippen LogP contribution in [0.1, 0.15) is 0 Å². The van der Waals surface area contributed by atoms with Gasteiger partial charge in [0, 0.05) is 31.7 Å². The number of anilines is 2. The van der Waals surface area contributed by atoms with Crippen LogP contribution in [0.15, 0.2) is 30.6 Å². The quantitative estimate of drug-likeness (QED) is 0.926. The number of hydrogen-bond donors (Lipinski definition) is 1. The molecule has 2 aromatic rings. The molecule has 116 valence electrons. The van der Waals surface area contributed by atoms with Crippen LogP contribution in [0.25, 0.3) is 11.3 Å². The van der Waals surface area contributed by atoms with Crippen molar-refractivity contribution in [1.82, 2.24) is 14.9 Å². The molecule has 1 aromatic heterocycles. The molecule has 6 heteroatoms. The molecule has 1 fully saturated rings. The van der Waals surface area contributed by atoms with Gasteiger partial charge in [0.1, 0.15) is 17.8 Å². The van der Waals surface area contributed by atoms with Gasteiger partial charge in [-0.15, -0.1) is 0 Å². The normalized spacial score (nSPS) is 15.8. The molecule has 2 N–H and O–H groups in total. The van der Waals surface area contributed by atoms with E-state index in [1.54, 1.807) is 13.4 Å². The average Bonchev–Trinajstić information content (AvgIpc) is 2.56. The summed E-state index contributed by atoms with van der Waals surface area (Å²) < 4.78 is 5.19. The lowest BCUT2D eigenvalue weighted by molar-refractivity contribution is 0.312. The minimum Gasteiger partial charge on any atom is -0.497 e. The van der Waals surface area contributed by atoms with Crippen molar-refractivity contribution in [2.45, 2.75) is 0 Å². The molecule has 1 aliphatic heterocycles. The first-order chi connectivity index (χ1) is 10.7. The van der Waals surface area contributed by atoms with E-state index in [-0.39, 0.29) is 0 Å². The number of rotatable bonds is 3. The summed E-state index contributed by atoms with van der Waals surface area (Å²) in [6.45, 7) is 3.89. The van der Waals surface area contributed by atoms with Crippen LogP contribution in [-0.4, -0.2) is 55.2 Å². The zero-order valence-corrected chi connectivity index (χ0v) is 13.0. The van der Waals surface area contributed by atoms with Crippen LogP contribution in [0.4, 0.5) is 11.5 Å². The van der Waals surface area contributed by atoms with Gasteiger partial charge in [0.2, 0.25) is 0 Å². The Morgan fingerprint density at radius 2 is 1.73 bits per heavy atom. The average molecular weight is 299 g/mol. The highest BCUT2D eigenvalue weighted by Gasteiger charge is 2.19. The zero-order valence-electron chi connectivity index (χ0n) is 13.0. The van der Waals surface area contributed by atoms with Crippen LogP contribution in [0.2, 0.25) is 0 Å². The van der Waals surface area contributed by atoms with Gasteiger partial charge in [-0.25, -0.2) is 9.97 Å². The number of nitrogens with zero attached hydrogens (tertiary/aromatic N) is 4. The molecule has 22 heavy (non-hydrogen) atoms. The number of aromatic nitrogens is 2. The Kier molecular flexibility index (Phi) is 4.11. The highest BCUT2D eigenvalue weighted by molar-refractivity contribution is 5.80. The first-order valence-electron chi connectivity index (χ1n) is 7.37. The lowest BCUT2D eigenvalue weighted by atomic mass is 10.1. The summed E-state index contributed by atoms with van der Waals surface area (Å²) in [5.41, 5.74) is 8.71. The lowest BCUT2D eigenvalue weighted by Crippen LogP contribution is -2.45. The fourth-order valence-electron chi connectivity index (χ4n) is 2.64. The summed E-state index contributed by atoms with van der Waals surface area (Å²) in [5.74, 6) is 1.64. The number of hydrogen-bond acceptors (Lipinski definition) is 6. The highest BCUT2D eigenvalue weighted by Crippen LogP contribution is 2.31. The minimum absolute atomic E-state index is 0.636. The molecule has 0 amide bonds. The molecule has 1 aromatic carbocycles. The summed E-state index contributed by atoms with van der Waals surface area (Å²) in [6, 6.07) is 7.75. The SMILES string of the molecule is COc1ccc(-c2ncnc(N3CCN(C)CC3)c2N)cc1. The molecular weight excluding hydrogens is 278 g/mol. The fraction of sp³-hybridized carbons (Fsp3) is 0.375. The maximum absolute atomic E-state index is 6.34. The number of nitrogen functional groups attached to an aromatic ring is 1. The Morgan fingerprint density at radius 1 is 1.05 bits per heavy atom. The van der Waals surface area contributed by atoms with E-state index in [9.17, 15) is 0 Å². The third-order valence-electron chi connectivity index (χ3n) is 4.03. The molecule has 2 heterocycles. The second-order valence-corrected chi connectivity index (χ2v) is 5.48. The summed E-state index contributed by atoms with van der Waals surface area (Å²) >= 11 is 0. The predicted octanol–water partition coefficient (Wildman–Crippen LogP) is 1.49. The third kappa shape index (κ3) is 2.82. The maximum atomic E-state index is 6.34. The first-order valence-corrected chi connectivity index (χ1v) is 7.37. The van der Waals surface area contributed by atoms with E-state index in [0.29, 0.717) is 5.69 Å². The molecule has 0 spiro atoms. The number of benzene rings is 1. The van der Waals surface area contributed by atoms with Gasteiger partial charge >= 0.3 is 0 Å². The van der Waals surface area contributed by atoms with E-state index in [4.69, 9.17) is 10.5 Å². The maximum Gasteiger partial charge on any atom is 0.155 e. The molecule has 0 unspecified atom stereocenters. The van der Waals surface area contributed by atoms with Gasteiger partial charge in [-0.3, -0.25) is 0 Å². The highest BCUT2D eigenvalue weighted by atomic mass is 16.5. The summed E-state index contributed by atoms with van der Waals surface area (Å²) in [6.07, 6.45) is 1.59. The fourth-order valence-corrected chi connectivity index (χ4v) is 2.64. The van der Waals surface area contributed by atoms with Gasteiger partial charge in [0.05, 0.1) is 12.8 Å². The molecule has 0 radical (unpaired) electrons. The largest absolute Gasteiger partial charge is 0.497 e. The Balaban J connectivity index is 1.91. The standard InChI is InChI=1S/C16H21N5O/c1-20-7-9-21(10-8-20)16-14(17)15(18-11-19-16)12-3-5-13(22-2)6-4-12/h3-6,11H,7-10,17H2,1-2H3. The summed E-state index contributed by atoms with van der Waals surface area (Å²) in [5, 5.41) is 0. The summed E-state index contributed by atoms with van der Waals surface area (Å²) in [4.78, 5) is 13.3. The van der Waals surface area contributed by atoms with Gasteiger partial charge in [-0.2, -0.15) is 0 Å². The van der Waals surface area contributed by atoms with Crippen LogP contribution in [0.5, 0.6) is 5.75 Å². The topological polar surface area (TPSA) is 67.5 Å². The van der Waals surface area contributed by atoms with Gasteiger partial charge in [0.15, 0.2) is 5.82 Å². The number of piperazine rings is 1. The number of ether oxygens (including phenoxy) is 1. The Labute approximate surface area is 130 Å². The van der Waals surface area contributed by atoms with Crippen LogP contribution < -0.4 is 15.4 Å². The van der Waals surface area contributed by atoms with Crippen LogP contribution >= 0.6 is 0 Å². The molecule has 0 bridgehead atoms. The van der Waals surface area contributed by atoms with Crippen LogP contribution in [0.3, 0.4) is 0 Å². The molecular formula is C16H21N5O. The smallest absolute Gasteiger partial charge is 0.155 e.